The number of carbonyl (C=O) groups excluding carboxylic acids is 3. The Balaban J connectivity index is 1.39. The maximum atomic E-state index is 14.5. The normalized spacial score (nSPS) is 28.8. The molecule has 3 aromatic carbocycles. The van der Waals surface area contributed by atoms with Gasteiger partial charge in [0.1, 0.15) is 6.04 Å². The zero-order chi connectivity index (χ0) is 28.7. The van der Waals surface area contributed by atoms with E-state index in [4.69, 9.17) is 11.6 Å². The summed E-state index contributed by atoms with van der Waals surface area (Å²) in [5.74, 6) is -2.10. The van der Waals surface area contributed by atoms with E-state index in [1.54, 1.807) is 40.9 Å². The Morgan fingerprint density at radius 1 is 1.02 bits per heavy atom. The quantitative estimate of drug-likeness (QED) is 0.355. The molecule has 9 heteroatoms. The number of hydrogen-bond donors (Lipinski definition) is 3. The number of aliphatic hydroxyl groups is 1. The predicted octanol–water partition coefficient (Wildman–Crippen LogP) is 4.67. The topological polar surface area (TPSA) is 98.7 Å². The molecule has 7 atom stereocenters. The highest BCUT2D eigenvalue weighted by molar-refractivity contribution is 8.02. The number of amides is 3. The third kappa shape index (κ3) is 4.62. The van der Waals surface area contributed by atoms with Gasteiger partial charge in [-0.15, -0.1) is 11.8 Å². The number of rotatable bonds is 8. The fourth-order valence-electron chi connectivity index (χ4n) is 7.09. The molecule has 3 heterocycles. The molecule has 0 aliphatic carbocycles. The molecule has 0 aromatic heterocycles. The Kier molecular flexibility index (Phi) is 7.57. The van der Waals surface area contributed by atoms with Crippen LogP contribution in [0.15, 0.2) is 84.9 Å². The van der Waals surface area contributed by atoms with Crippen molar-refractivity contribution in [2.45, 2.75) is 42.0 Å². The SMILES string of the molecule is CC1C[C@H]2SC13C(C(=O)Nc1ccccc1Cl)N([C@H](CO)c1ccccc1)C(=O)[C@@H]3[C@H]2C(=O)NCc1ccccc1. The number of halogens is 1. The molecule has 0 saturated carbocycles. The van der Waals surface area contributed by atoms with Gasteiger partial charge in [0.2, 0.25) is 17.7 Å². The molecular weight excluding hydrogens is 558 g/mol. The molecule has 41 heavy (non-hydrogen) atoms. The number of nitrogens with zero attached hydrogens (tertiary/aromatic N) is 1. The number of anilines is 1. The van der Waals surface area contributed by atoms with Crippen molar-refractivity contribution in [1.29, 1.82) is 0 Å². The number of hydrogen-bond acceptors (Lipinski definition) is 5. The van der Waals surface area contributed by atoms with Crippen molar-refractivity contribution in [2.24, 2.45) is 17.8 Å². The number of likely N-dealkylation sites (tertiary alicyclic amines) is 1. The predicted molar refractivity (Wildman–Crippen MR) is 160 cm³/mol. The number of aliphatic hydroxyl groups excluding tert-OH is 1. The summed E-state index contributed by atoms with van der Waals surface area (Å²) in [5.41, 5.74) is 2.15. The zero-order valence-electron chi connectivity index (χ0n) is 22.6. The van der Waals surface area contributed by atoms with Gasteiger partial charge in [0.05, 0.1) is 39.9 Å². The van der Waals surface area contributed by atoms with Crippen LogP contribution in [0, 0.1) is 17.8 Å². The van der Waals surface area contributed by atoms with Gasteiger partial charge in [-0.2, -0.15) is 0 Å². The van der Waals surface area contributed by atoms with Gasteiger partial charge >= 0.3 is 0 Å². The Morgan fingerprint density at radius 3 is 2.37 bits per heavy atom. The van der Waals surface area contributed by atoms with Gasteiger partial charge in [0.15, 0.2) is 0 Å². The summed E-state index contributed by atoms with van der Waals surface area (Å²) in [5, 5.41) is 17.0. The summed E-state index contributed by atoms with van der Waals surface area (Å²) in [6.45, 7) is 2.07. The van der Waals surface area contributed by atoms with Crippen LogP contribution in [0.4, 0.5) is 5.69 Å². The van der Waals surface area contributed by atoms with Crippen LogP contribution >= 0.6 is 23.4 Å². The van der Waals surface area contributed by atoms with Crippen LogP contribution in [0.1, 0.15) is 30.5 Å². The number of fused-ring (bicyclic) bond motifs is 1. The molecule has 0 radical (unpaired) electrons. The molecule has 7 nitrogen and oxygen atoms in total. The average molecular weight is 590 g/mol. The minimum absolute atomic E-state index is 0.00765. The molecule has 3 aromatic rings. The number of carbonyl (C=O) groups is 3. The minimum Gasteiger partial charge on any atom is -0.394 e. The van der Waals surface area contributed by atoms with Crippen molar-refractivity contribution in [3.63, 3.8) is 0 Å². The minimum atomic E-state index is -0.912. The summed E-state index contributed by atoms with van der Waals surface area (Å²) in [6, 6.07) is 24.2. The van der Waals surface area contributed by atoms with Crippen LogP contribution < -0.4 is 10.6 Å². The molecule has 3 saturated heterocycles. The monoisotopic (exact) mass is 589 g/mol. The Morgan fingerprint density at radius 2 is 1.68 bits per heavy atom. The van der Waals surface area contributed by atoms with Crippen molar-refractivity contribution >= 4 is 46.8 Å². The molecule has 3 aliphatic rings. The maximum absolute atomic E-state index is 14.5. The molecule has 6 rings (SSSR count). The van der Waals surface area contributed by atoms with E-state index in [0.717, 1.165) is 17.5 Å². The lowest BCUT2D eigenvalue weighted by atomic mass is 9.66. The lowest BCUT2D eigenvalue weighted by Crippen LogP contribution is -2.55. The highest BCUT2D eigenvalue weighted by Gasteiger charge is 2.76. The van der Waals surface area contributed by atoms with Crippen LogP contribution in [-0.4, -0.2) is 50.4 Å². The van der Waals surface area contributed by atoms with Gasteiger partial charge in [-0.25, -0.2) is 0 Å². The van der Waals surface area contributed by atoms with E-state index in [9.17, 15) is 19.5 Å². The van der Waals surface area contributed by atoms with Crippen molar-refractivity contribution < 1.29 is 19.5 Å². The van der Waals surface area contributed by atoms with Gasteiger partial charge in [-0.3, -0.25) is 14.4 Å². The molecule has 212 valence electrons. The third-order valence-corrected chi connectivity index (χ3v) is 11.3. The van der Waals surface area contributed by atoms with Crippen molar-refractivity contribution in [3.8, 4) is 0 Å². The Labute approximate surface area is 248 Å². The summed E-state index contributed by atoms with van der Waals surface area (Å²) in [7, 11) is 0. The second-order valence-corrected chi connectivity index (χ2v) is 13.0. The molecular formula is C32H32ClN3O4S. The zero-order valence-corrected chi connectivity index (χ0v) is 24.1. The molecule has 2 bridgehead atoms. The largest absolute Gasteiger partial charge is 0.394 e. The van der Waals surface area contributed by atoms with Crippen molar-refractivity contribution in [3.05, 3.63) is 101 Å². The summed E-state index contributed by atoms with van der Waals surface area (Å²) < 4.78 is -0.829. The summed E-state index contributed by atoms with van der Waals surface area (Å²) in [4.78, 5) is 44.1. The van der Waals surface area contributed by atoms with Gasteiger partial charge in [-0.1, -0.05) is 91.3 Å². The van der Waals surface area contributed by atoms with E-state index in [1.807, 2.05) is 60.7 Å². The van der Waals surface area contributed by atoms with E-state index in [2.05, 4.69) is 17.6 Å². The van der Waals surface area contributed by atoms with E-state index in [0.29, 0.717) is 17.3 Å². The number of thioether (sulfide) groups is 1. The van der Waals surface area contributed by atoms with Crippen LogP contribution in [0.3, 0.4) is 0 Å². The maximum Gasteiger partial charge on any atom is 0.248 e. The van der Waals surface area contributed by atoms with E-state index < -0.39 is 28.7 Å². The Bertz CT molecular complexity index is 1460. The fraction of sp³-hybridized carbons (Fsp3) is 0.344. The highest BCUT2D eigenvalue weighted by atomic mass is 35.5. The third-order valence-electron chi connectivity index (χ3n) is 8.87. The number of benzene rings is 3. The van der Waals surface area contributed by atoms with E-state index >= 15 is 0 Å². The molecule has 3 amide bonds. The molecule has 1 spiro atoms. The van der Waals surface area contributed by atoms with Crippen molar-refractivity contribution in [2.75, 3.05) is 11.9 Å². The average Bonchev–Trinajstić information content (AvgIpc) is 3.58. The first-order valence-corrected chi connectivity index (χ1v) is 15.2. The standard InChI is InChI=1S/C32H32ClN3O4S/c1-19-16-25-26(29(38)34-17-20-10-4-2-5-11-20)27-31(40)36(24(18-37)21-12-6-3-7-13-21)28(32(19,27)41-25)30(39)35-23-15-9-8-14-22(23)33/h2-15,19,24-28,37H,16-18H2,1H3,(H,34,38)(H,35,39)/t19?,24-,25-,26+,27+,28?,32?/m1/s1. The van der Waals surface area contributed by atoms with Crippen LogP contribution in [0.5, 0.6) is 0 Å². The van der Waals surface area contributed by atoms with Crippen LogP contribution in [0.25, 0.3) is 0 Å². The first kappa shape index (κ1) is 27.8. The number of nitrogens with one attached hydrogen (secondary N) is 2. The van der Waals surface area contributed by atoms with Gasteiger partial charge < -0.3 is 20.6 Å². The smallest absolute Gasteiger partial charge is 0.248 e. The summed E-state index contributed by atoms with van der Waals surface area (Å²) >= 11 is 8.00. The van der Waals surface area contributed by atoms with Gasteiger partial charge in [0, 0.05) is 11.8 Å². The Hall–Kier alpha value is -3.33. The lowest BCUT2D eigenvalue weighted by molar-refractivity contribution is -0.142. The number of para-hydroxylation sites is 1. The van der Waals surface area contributed by atoms with Gasteiger partial charge in [-0.05, 0) is 35.6 Å². The molecule has 3 unspecified atom stereocenters. The van der Waals surface area contributed by atoms with Crippen LogP contribution in [-0.2, 0) is 20.9 Å². The second-order valence-electron chi connectivity index (χ2n) is 11.1. The lowest BCUT2D eigenvalue weighted by Gasteiger charge is -2.40. The van der Waals surface area contributed by atoms with E-state index in [1.165, 1.54) is 0 Å². The fourth-order valence-corrected chi connectivity index (χ4v) is 9.68. The van der Waals surface area contributed by atoms with E-state index in [-0.39, 0.29) is 35.5 Å². The van der Waals surface area contributed by atoms with Crippen LogP contribution in [0.2, 0.25) is 5.02 Å². The highest BCUT2D eigenvalue weighted by Crippen LogP contribution is 2.69. The summed E-state index contributed by atoms with van der Waals surface area (Å²) in [6.07, 6.45) is 0.719. The van der Waals surface area contributed by atoms with Crippen molar-refractivity contribution in [1.82, 2.24) is 10.2 Å². The van der Waals surface area contributed by atoms with Gasteiger partial charge in [0.25, 0.3) is 0 Å². The first-order valence-electron chi connectivity index (χ1n) is 13.9. The first-order chi connectivity index (χ1) is 19.9. The molecule has 3 fully saturated rings. The molecule has 3 aliphatic heterocycles. The molecule has 3 N–H and O–H groups in total. The second kappa shape index (κ2) is 11.2.